The van der Waals surface area contributed by atoms with Gasteiger partial charge in [0.1, 0.15) is 11.9 Å². The van der Waals surface area contributed by atoms with Crippen LogP contribution in [-0.2, 0) is 5.41 Å². The first-order chi connectivity index (χ1) is 17.7. The van der Waals surface area contributed by atoms with Gasteiger partial charge in [-0.1, -0.05) is 38.1 Å². The van der Waals surface area contributed by atoms with Gasteiger partial charge in [0.2, 0.25) is 0 Å². The van der Waals surface area contributed by atoms with Gasteiger partial charge in [0.05, 0.1) is 23.6 Å². The molecule has 1 amide bonds. The first-order valence-electron chi connectivity index (χ1n) is 12.9. The predicted octanol–water partition coefficient (Wildman–Crippen LogP) is 6.39. The highest BCUT2D eigenvalue weighted by Gasteiger charge is 2.25. The van der Waals surface area contributed by atoms with Crippen LogP contribution in [0, 0.1) is 19.8 Å². The van der Waals surface area contributed by atoms with Gasteiger partial charge in [0, 0.05) is 24.5 Å². The lowest BCUT2D eigenvalue weighted by molar-refractivity contribution is 0.102. The number of carbonyl (C=O) groups is 1. The number of rotatable bonds is 7. The number of nitrogens with one attached hydrogen (secondary N) is 2. The maximum atomic E-state index is 13.2. The molecule has 1 aliphatic carbocycles. The zero-order valence-corrected chi connectivity index (χ0v) is 22.2. The Morgan fingerprint density at radius 2 is 1.86 bits per heavy atom. The molecule has 1 unspecified atom stereocenters. The van der Waals surface area contributed by atoms with Gasteiger partial charge < -0.3 is 10.6 Å². The number of hydrogen-bond acceptors (Lipinski definition) is 7. The van der Waals surface area contributed by atoms with Gasteiger partial charge in [0.25, 0.3) is 5.91 Å². The fourth-order valence-corrected chi connectivity index (χ4v) is 4.25. The molecule has 3 heterocycles. The number of amides is 1. The molecule has 8 nitrogen and oxygen atoms in total. The van der Waals surface area contributed by atoms with Gasteiger partial charge in [-0.15, -0.1) is 0 Å². The van der Waals surface area contributed by atoms with E-state index in [0.717, 1.165) is 52.0 Å². The molecule has 0 radical (unpaired) electrons. The topological polar surface area (TPSA) is 94.9 Å². The second-order valence-corrected chi connectivity index (χ2v) is 11.2. The molecule has 192 valence electrons. The first kappa shape index (κ1) is 24.9. The highest BCUT2D eigenvalue weighted by Crippen LogP contribution is 2.33. The summed E-state index contributed by atoms with van der Waals surface area (Å²) in [4.78, 5) is 22.2. The minimum atomic E-state index is -0.177. The van der Waals surface area contributed by atoms with Gasteiger partial charge in [-0.3, -0.25) is 9.78 Å². The standard InChI is InChI=1S/C29H35N7O/c1-18-6-9-21(28(37)33-24-13-23(29(3,4)5)16-30-19(24)2)12-26(18)36-17-25(34-35-36)22-10-11-27(32-15-22)31-14-20-7-8-20/h6,9-13,15-16,20,25H,7-8,14,17H2,1-5H3,(H,31,32)(H,33,37). The molecular weight excluding hydrogens is 462 g/mol. The highest BCUT2D eigenvalue weighted by atomic mass is 16.1. The lowest BCUT2D eigenvalue weighted by Gasteiger charge is -2.20. The Balaban J connectivity index is 1.27. The monoisotopic (exact) mass is 497 g/mol. The maximum Gasteiger partial charge on any atom is 0.255 e. The summed E-state index contributed by atoms with van der Waals surface area (Å²) in [5.74, 6) is 1.52. The number of pyridine rings is 2. The second kappa shape index (κ2) is 9.92. The number of anilines is 3. The van der Waals surface area contributed by atoms with E-state index < -0.39 is 0 Å². The molecule has 2 N–H and O–H groups in total. The average Bonchev–Trinajstić information content (AvgIpc) is 3.58. The third-order valence-electron chi connectivity index (χ3n) is 7.04. The molecular formula is C29H35N7O. The van der Waals surface area contributed by atoms with E-state index in [9.17, 15) is 4.79 Å². The van der Waals surface area contributed by atoms with E-state index in [0.29, 0.717) is 12.1 Å². The molecule has 0 spiro atoms. The summed E-state index contributed by atoms with van der Waals surface area (Å²) in [6.45, 7) is 11.9. The quantitative estimate of drug-likeness (QED) is 0.394. The van der Waals surface area contributed by atoms with Crippen molar-refractivity contribution in [3.63, 3.8) is 0 Å². The summed E-state index contributed by atoms with van der Waals surface area (Å²) >= 11 is 0. The Kier molecular flexibility index (Phi) is 6.67. The molecule has 1 aromatic carbocycles. The number of hydrogen-bond donors (Lipinski definition) is 2. The normalized spacial score (nSPS) is 17.2. The van der Waals surface area contributed by atoms with E-state index in [4.69, 9.17) is 0 Å². The van der Waals surface area contributed by atoms with Crippen LogP contribution in [0.4, 0.5) is 17.2 Å². The van der Waals surface area contributed by atoms with E-state index in [1.54, 1.807) is 0 Å². The van der Waals surface area contributed by atoms with Crippen LogP contribution in [0.3, 0.4) is 0 Å². The van der Waals surface area contributed by atoms with E-state index in [1.807, 2.05) is 61.6 Å². The van der Waals surface area contributed by atoms with E-state index in [2.05, 4.69) is 57.8 Å². The van der Waals surface area contributed by atoms with Crippen molar-refractivity contribution in [2.75, 3.05) is 28.7 Å². The van der Waals surface area contributed by atoms with Crippen molar-refractivity contribution in [3.05, 3.63) is 76.7 Å². The minimum Gasteiger partial charge on any atom is -0.370 e. The first-order valence-corrected chi connectivity index (χ1v) is 12.9. The van der Waals surface area contributed by atoms with Crippen molar-refractivity contribution in [1.82, 2.24) is 9.97 Å². The zero-order valence-electron chi connectivity index (χ0n) is 22.2. The number of benzene rings is 1. The van der Waals surface area contributed by atoms with Gasteiger partial charge in [-0.2, -0.15) is 5.11 Å². The van der Waals surface area contributed by atoms with Crippen LogP contribution in [0.2, 0.25) is 0 Å². The Morgan fingerprint density at radius 1 is 1.05 bits per heavy atom. The van der Waals surface area contributed by atoms with Crippen LogP contribution < -0.4 is 15.6 Å². The summed E-state index contributed by atoms with van der Waals surface area (Å²) < 4.78 is 0. The summed E-state index contributed by atoms with van der Waals surface area (Å²) in [7, 11) is 0. The summed E-state index contributed by atoms with van der Waals surface area (Å²) in [5.41, 5.74) is 6.01. The number of aryl methyl sites for hydroxylation is 2. The Hall–Kier alpha value is -3.81. The second-order valence-electron chi connectivity index (χ2n) is 11.2. The summed E-state index contributed by atoms with van der Waals surface area (Å²) in [6, 6.07) is 11.7. The molecule has 2 aliphatic rings. The average molecular weight is 498 g/mol. The molecule has 3 aromatic rings. The van der Waals surface area contributed by atoms with Crippen LogP contribution >= 0.6 is 0 Å². The summed E-state index contributed by atoms with van der Waals surface area (Å²) in [6.07, 6.45) is 6.37. The van der Waals surface area contributed by atoms with Crippen molar-refractivity contribution in [1.29, 1.82) is 0 Å². The molecule has 1 aliphatic heterocycles. The third kappa shape index (κ3) is 5.79. The Morgan fingerprint density at radius 3 is 2.57 bits per heavy atom. The molecule has 1 saturated carbocycles. The molecule has 1 fully saturated rings. The fraction of sp³-hybridized carbons (Fsp3) is 0.414. The predicted molar refractivity (Wildman–Crippen MR) is 147 cm³/mol. The van der Waals surface area contributed by atoms with E-state index >= 15 is 0 Å². The van der Waals surface area contributed by atoms with E-state index in [1.165, 1.54) is 12.8 Å². The number of aromatic nitrogens is 2. The van der Waals surface area contributed by atoms with Crippen molar-refractivity contribution in [3.8, 4) is 0 Å². The molecule has 1 atom stereocenters. The molecule has 0 bridgehead atoms. The largest absolute Gasteiger partial charge is 0.370 e. The summed E-state index contributed by atoms with van der Waals surface area (Å²) in [5, 5.41) is 17.2. The molecule has 5 rings (SSSR count). The zero-order chi connectivity index (χ0) is 26.2. The van der Waals surface area contributed by atoms with Crippen molar-refractivity contribution in [2.45, 2.75) is 58.9 Å². The third-order valence-corrected chi connectivity index (χ3v) is 7.04. The van der Waals surface area contributed by atoms with Gasteiger partial charge in [0.15, 0.2) is 0 Å². The SMILES string of the molecule is Cc1ccc(C(=O)Nc2cc(C(C)(C)C)cnc2C)cc1N1CC(c2ccc(NCC3CC3)nc2)N=N1. The van der Waals surface area contributed by atoms with Crippen LogP contribution in [0.1, 0.15) is 72.4 Å². The smallest absolute Gasteiger partial charge is 0.255 e. The molecule has 2 aromatic heterocycles. The maximum absolute atomic E-state index is 13.2. The lowest BCUT2D eigenvalue weighted by atomic mass is 9.88. The van der Waals surface area contributed by atoms with Crippen LogP contribution in [0.15, 0.2) is 59.1 Å². The van der Waals surface area contributed by atoms with Gasteiger partial charge >= 0.3 is 0 Å². The minimum absolute atomic E-state index is 0.0581. The van der Waals surface area contributed by atoms with Gasteiger partial charge in [-0.25, -0.2) is 9.99 Å². The van der Waals surface area contributed by atoms with Crippen LogP contribution in [0.25, 0.3) is 0 Å². The number of nitrogens with zero attached hydrogens (tertiary/aromatic N) is 5. The molecule has 0 saturated heterocycles. The van der Waals surface area contributed by atoms with E-state index in [-0.39, 0.29) is 17.4 Å². The Bertz CT molecular complexity index is 1320. The molecule has 8 heteroatoms. The van der Waals surface area contributed by atoms with Crippen molar-refractivity contribution >= 4 is 23.1 Å². The van der Waals surface area contributed by atoms with Crippen molar-refractivity contribution in [2.24, 2.45) is 16.3 Å². The Labute approximate surface area is 218 Å². The highest BCUT2D eigenvalue weighted by molar-refractivity contribution is 6.05. The number of carbonyl (C=O) groups excluding carboxylic acids is 1. The van der Waals surface area contributed by atoms with Crippen LogP contribution in [-0.4, -0.2) is 29.0 Å². The molecule has 37 heavy (non-hydrogen) atoms. The van der Waals surface area contributed by atoms with Crippen LogP contribution in [0.5, 0.6) is 0 Å². The fourth-order valence-electron chi connectivity index (χ4n) is 4.25. The van der Waals surface area contributed by atoms with Crippen molar-refractivity contribution < 1.29 is 4.79 Å². The lowest BCUT2D eigenvalue weighted by Crippen LogP contribution is -2.19. The van der Waals surface area contributed by atoms with Gasteiger partial charge in [-0.05, 0) is 79.0 Å².